The van der Waals surface area contributed by atoms with E-state index in [0.29, 0.717) is 6.42 Å². The zero-order valence-electron chi connectivity index (χ0n) is 13.8. The second-order valence-electron chi connectivity index (χ2n) is 7.70. The molecule has 1 aromatic rings. The number of rotatable bonds is 5. The van der Waals surface area contributed by atoms with Gasteiger partial charge in [-0.2, -0.15) is 0 Å². The molecular formula is C18H24N2O3S. The van der Waals surface area contributed by atoms with Crippen LogP contribution in [0.5, 0.6) is 0 Å². The zero-order valence-corrected chi connectivity index (χ0v) is 14.6. The Bertz CT molecular complexity index is 722. The maximum Gasteiger partial charge on any atom is 0.227 e. The van der Waals surface area contributed by atoms with E-state index < -0.39 is 10.0 Å². The van der Waals surface area contributed by atoms with Crippen molar-refractivity contribution in [3.63, 3.8) is 0 Å². The van der Waals surface area contributed by atoms with Crippen LogP contribution in [0.1, 0.15) is 37.7 Å². The highest BCUT2D eigenvalue weighted by atomic mass is 32.2. The molecule has 0 bridgehead atoms. The molecule has 1 aliphatic heterocycles. The van der Waals surface area contributed by atoms with Crippen LogP contribution in [-0.2, 0) is 21.2 Å². The normalized spacial score (nSPS) is 29.7. The molecule has 0 atom stereocenters. The van der Waals surface area contributed by atoms with Gasteiger partial charge in [-0.1, -0.05) is 30.3 Å². The quantitative estimate of drug-likeness (QED) is 0.881. The molecule has 2 saturated carbocycles. The van der Waals surface area contributed by atoms with Gasteiger partial charge in [0.1, 0.15) is 0 Å². The van der Waals surface area contributed by atoms with E-state index >= 15 is 0 Å². The van der Waals surface area contributed by atoms with Gasteiger partial charge in [-0.05, 0) is 43.1 Å². The van der Waals surface area contributed by atoms with Crippen LogP contribution in [0.15, 0.2) is 30.3 Å². The van der Waals surface area contributed by atoms with E-state index in [2.05, 4.69) is 4.72 Å². The third-order valence-electron chi connectivity index (χ3n) is 5.64. The lowest BCUT2D eigenvalue weighted by Gasteiger charge is -2.45. The third kappa shape index (κ3) is 3.22. The van der Waals surface area contributed by atoms with Crippen molar-refractivity contribution in [2.75, 3.05) is 13.1 Å². The minimum atomic E-state index is -3.09. The van der Waals surface area contributed by atoms with Crippen molar-refractivity contribution in [1.29, 1.82) is 0 Å². The lowest BCUT2D eigenvalue weighted by atomic mass is 9.65. The van der Waals surface area contributed by atoms with Crippen LogP contribution < -0.4 is 4.72 Å². The number of benzene rings is 1. The van der Waals surface area contributed by atoms with Gasteiger partial charge in [-0.3, -0.25) is 4.79 Å². The predicted octanol–water partition coefficient (Wildman–Crippen LogP) is 1.69. The molecule has 1 spiro atoms. The van der Waals surface area contributed by atoms with E-state index in [0.717, 1.165) is 50.8 Å². The summed E-state index contributed by atoms with van der Waals surface area (Å²) in [5, 5.41) is -0.151. The number of sulfonamides is 1. The van der Waals surface area contributed by atoms with Gasteiger partial charge in [0.05, 0.1) is 11.7 Å². The van der Waals surface area contributed by atoms with E-state index in [-0.39, 0.29) is 22.6 Å². The highest BCUT2D eigenvalue weighted by molar-refractivity contribution is 7.90. The molecule has 2 aliphatic carbocycles. The van der Waals surface area contributed by atoms with Crippen LogP contribution in [0.25, 0.3) is 0 Å². The molecule has 1 aromatic carbocycles. The Labute approximate surface area is 143 Å². The number of hydrogen-bond donors (Lipinski definition) is 1. The first-order valence-electron chi connectivity index (χ1n) is 8.79. The second-order valence-corrected chi connectivity index (χ2v) is 9.69. The van der Waals surface area contributed by atoms with Crippen LogP contribution in [0.4, 0.5) is 0 Å². The fraction of sp³-hybridized carbons (Fsp3) is 0.611. The van der Waals surface area contributed by atoms with Crippen molar-refractivity contribution < 1.29 is 13.2 Å². The Morgan fingerprint density at radius 3 is 2.58 bits per heavy atom. The van der Waals surface area contributed by atoms with Crippen molar-refractivity contribution >= 4 is 15.9 Å². The van der Waals surface area contributed by atoms with Crippen molar-refractivity contribution in [2.45, 2.75) is 49.8 Å². The van der Waals surface area contributed by atoms with Gasteiger partial charge >= 0.3 is 0 Å². The SMILES string of the molecule is O=C(Cc1ccccc1)N1CCC2(CC(NS(=O)(=O)C3CC3)C2)C1. The number of nitrogens with zero attached hydrogens (tertiary/aromatic N) is 1. The molecule has 3 fully saturated rings. The summed E-state index contributed by atoms with van der Waals surface area (Å²) in [7, 11) is -3.09. The minimum absolute atomic E-state index is 0.0692. The summed E-state index contributed by atoms with van der Waals surface area (Å²) in [4.78, 5) is 14.4. The molecule has 3 aliphatic rings. The van der Waals surface area contributed by atoms with Gasteiger partial charge in [-0.25, -0.2) is 13.1 Å². The average molecular weight is 348 g/mol. The molecule has 1 N–H and O–H groups in total. The summed E-state index contributed by atoms with van der Waals surface area (Å²) >= 11 is 0. The van der Waals surface area contributed by atoms with E-state index in [1.54, 1.807) is 0 Å². The van der Waals surface area contributed by atoms with Crippen LogP contribution >= 0.6 is 0 Å². The number of carbonyl (C=O) groups excluding carboxylic acids is 1. The smallest absolute Gasteiger partial charge is 0.227 e. The molecule has 1 heterocycles. The van der Waals surface area contributed by atoms with Gasteiger partial charge in [0.2, 0.25) is 15.9 Å². The third-order valence-corrected chi connectivity index (χ3v) is 7.65. The second kappa shape index (κ2) is 5.85. The minimum Gasteiger partial charge on any atom is -0.342 e. The van der Waals surface area contributed by atoms with Crippen molar-refractivity contribution in [3.05, 3.63) is 35.9 Å². The molecule has 1 saturated heterocycles. The molecule has 0 aromatic heterocycles. The number of nitrogens with one attached hydrogen (secondary N) is 1. The van der Waals surface area contributed by atoms with E-state index in [1.807, 2.05) is 35.2 Å². The van der Waals surface area contributed by atoms with Gasteiger partial charge < -0.3 is 4.90 Å². The molecule has 0 radical (unpaired) electrons. The molecule has 1 amide bonds. The molecular weight excluding hydrogens is 324 g/mol. The summed E-state index contributed by atoms with van der Waals surface area (Å²) in [6, 6.07) is 9.90. The first-order chi connectivity index (χ1) is 11.5. The summed E-state index contributed by atoms with van der Waals surface area (Å²) in [5.41, 5.74) is 1.19. The Balaban J connectivity index is 1.29. The lowest BCUT2D eigenvalue weighted by molar-refractivity contribution is -0.130. The Morgan fingerprint density at radius 2 is 1.92 bits per heavy atom. The number of likely N-dealkylation sites (tertiary alicyclic amines) is 1. The summed E-state index contributed by atoms with van der Waals surface area (Å²) in [5.74, 6) is 0.181. The van der Waals surface area contributed by atoms with Gasteiger partial charge in [0, 0.05) is 19.1 Å². The number of carbonyl (C=O) groups is 1. The topological polar surface area (TPSA) is 66.5 Å². The molecule has 6 heteroatoms. The Morgan fingerprint density at radius 1 is 1.21 bits per heavy atom. The molecule has 24 heavy (non-hydrogen) atoms. The van der Waals surface area contributed by atoms with Crippen LogP contribution in [-0.4, -0.2) is 43.6 Å². The first-order valence-corrected chi connectivity index (χ1v) is 10.3. The maximum atomic E-state index is 12.5. The predicted molar refractivity (Wildman–Crippen MR) is 91.9 cm³/mol. The Kier molecular flexibility index (Phi) is 3.92. The molecule has 130 valence electrons. The van der Waals surface area contributed by atoms with E-state index in [9.17, 15) is 13.2 Å². The highest BCUT2D eigenvalue weighted by Crippen LogP contribution is 2.48. The van der Waals surface area contributed by atoms with Crippen molar-refractivity contribution in [3.8, 4) is 0 Å². The van der Waals surface area contributed by atoms with Crippen LogP contribution in [0.3, 0.4) is 0 Å². The fourth-order valence-electron chi connectivity index (χ4n) is 4.14. The van der Waals surface area contributed by atoms with Crippen molar-refractivity contribution in [2.24, 2.45) is 5.41 Å². The lowest BCUT2D eigenvalue weighted by Crippen LogP contribution is -2.52. The summed E-state index contributed by atoms with van der Waals surface area (Å²) in [6.07, 6.45) is 4.79. The highest BCUT2D eigenvalue weighted by Gasteiger charge is 2.51. The van der Waals surface area contributed by atoms with Gasteiger partial charge in [0.25, 0.3) is 0 Å². The fourth-order valence-corrected chi connectivity index (χ4v) is 5.72. The average Bonchev–Trinajstić information content (AvgIpc) is 3.29. The number of hydrogen-bond acceptors (Lipinski definition) is 3. The van der Waals surface area contributed by atoms with Gasteiger partial charge in [-0.15, -0.1) is 0 Å². The monoisotopic (exact) mass is 348 g/mol. The Hall–Kier alpha value is -1.40. The van der Waals surface area contributed by atoms with Crippen LogP contribution in [0.2, 0.25) is 0 Å². The van der Waals surface area contributed by atoms with Crippen LogP contribution in [0, 0.1) is 5.41 Å². The first kappa shape index (κ1) is 16.1. The largest absolute Gasteiger partial charge is 0.342 e. The molecule has 4 rings (SSSR count). The summed E-state index contributed by atoms with van der Waals surface area (Å²) in [6.45, 7) is 1.58. The molecule has 5 nitrogen and oxygen atoms in total. The zero-order chi connectivity index (χ0) is 16.8. The van der Waals surface area contributed by atoms with Crippen molar-refractivity contribution in [1.82, 2.24) is 9.62 Å². The standard InChI is InChI=1S/C18H24N2O3S/c21-17(10-14-4-2-1-3-5-14)20-9-8-18(13-20)11-15(12-18)19-24(22,23)16-6-7-16/h1-5,15-16,19H,6-13H2. The summed E-state index contributed by atoms with van der Waals surface area (Å²) < 4.78 is 26.9. The van der Waals surface area contributed by atoms with E-state index in [4.69, 9.17) is 0 Å². The number of amides is 1. The van der Waals surface area contributed by atoms with Gasteiger partial charge in [0.15, 0.2) is 0 Å². The maximum absolute atomic E-state index is 12.5. The van der Waals surface area contributed by atoms with E-state index in [1.165, 1.54) is 0 Å². The molecule has 0 unspecified atom stereocenters.